The van der Waals surface area contributed by atoms with Crippen LogP contribution in [0.25, 0.3) is 0 Å². The Labute approximate surface area is 116 Å². The van der Waals surface area contributed by atoms with Crippen LogP contribution in [0.4, 0.5) is 8.78 Å². The number of alkyl halides is 2. The molecule has 0 aliphatic carbocycles. The minimum Gasteiger partial charge on any atom is -0.435 e. The van der Waals surface area contributed by atoms with E-state index in [1.807, 2.05) is 0 Å². The standard InChI is InChI=1S/C12H16F2N2O2.ClH/c1-8(6-15)11(17)16-7-9-2-4-10(5-3-9)18-12(13)14;/h2-5,8,12H,6-7,15H2,1H3,(H,16,17);1H. The van der Waals surface area contributed by atoms with Crippen LogP contribution in [0.5, 0.6) is 5.75 Å². The Morgan fingerprint density at radius 3 is 2.42 bits per heavy atom. The topological polar surface area (TPSA) is 64.4 Å². The van der Waals surface area contributed by atoms with E-state index in [4.69, 9.17) is 5.73 Å². The predicted octanol–water partition coefficient (Wildman–Crippen LogP) is 1.92. The van der Waals surface area contributed by atoms with Crippen molar-refractivity contribution < 1.29 is 18.3 Å². The summed E-state index contributed by atoms with van der Waals surface area (Å²) in [6, 6.07) is 6.09. The maximum Gasteiger partial charge on any atom is 0.387 e. The molecular weight excluding hydrogens is 278 g/mol. The summed E-state index contributed by atoms with van der Waals surface area (Å²) < 4.78 is 28.0. The molecule has 0 saturated carbocycles. The Bertz CT molecular complexity index is 388. The first-order chi connectivity index (χ1) is 8.52. The molecule has 1 amide bonds. The second-order valence-corrected chi connectivity index (χ2v) is 3.88. The lowest BCUT2D eigenvalue weighted by Gasteiger charge is -2.10. The lowest BCUT2D eigenvalue weighted by molar-refractivity contribution is -0.124. The van der Waals surface area contributed by atoms with Gasteiger partial charge in [0.15, 0.2) is 0 Å². The Kier molecular flexibility index (Phi) is 8.02. The zero-order valence-electron chi connectivity index (χ0n) is 10.4. The molecule has 0 saturated heterocycles. The minimum atomic E-state index is -2.83. The van der Waals surface area contributed by atoms with Crippen LogP contribution in [0.1, 0.15) is 12.5 Å². The molecule has 1 unspecified atom stereocenters. The highest BCUT2D eigenvalue weighted by Crippen LogP contribution is 2.14. The van der Waals surface area contributed by atoms with Gasteiger partial charge in [-0.25, -0.2) is 0 Å². The maximum atomic E-state index is 11.9. The molecule has 0 fully saturated rings. The lowest BCUT2D eigenvalue weighted by atomic mass is 10.1. The van der Waals surface area contributed by atoms with Crippen molar-refractivity contribution in [2.75, 3.05) is 6.54 Å². The van der Waals surface area contributed by atoms with Crippen LogP contribution in [0, 0.1) is 5.92 Å². The van der Waals surface area contributed by atoms with Crippen molar-refractivity contribution in [3.05, 3.63) is 29.8 Å². The van der Waals surface area contributed by atoms with Crippen LogP contribution in [-0.2, 0) is 11.3 Å². The third-order valence-corrected chi connectivity index (χ3v) is 2.42. The third kappa shape index (κ3) is 6.35. The number of carbonyl (C=O) groups is 1. The first kappa shape index (κ1) is 17.6. The van der Waals surface area contributed by atoms with Gasteiger partial charge in [-0.15, -0.1) is 12.4 Å². The number of rotatable bonds is 6. The fourth-order valence-corrected chi connectivity index (χ4v) is 1.26. The number of nitrogens with two attached hydrogens (primary N) is 1. The third-order valence-electron chi connectivity index (χ3n) is 2.42. The van der Waals surface area contributed by atoms with Gasteiger partial charge in [0.1, 0.15) is 5.75 Å². The number of amides is 1. The molecule has 4 nitrogen and oxygen atoms in total. The van der Waals surface area contributed by atoms with E-state index in [2.05, 4.69) is 10.1 Å². The van der Waals surface area contributed by atoms with Gasteiger partial charge in [-0.3, -0.25) is 4.79 Å². The summed E-state index contributed by atoms with van der Waals surface area (Å²) in [6.45, 7) is -0.485. The molecule has 0 radical (unpaired) electrons. The number of nitrogens with one attached hydrogen (secondary N) is 1. The van der Waals surface area contributed by atoms with Gasteiger partial charge in [-0.05, 0) is 17.7 Å². The molecule has 0 bridgehead atoms. The van der Waals surface area contributed by atoms with Gasteiger partial charge < -0.3 is 15.8 Å². The van der Waals surface area contributed by atoms with Crippen molar-refractivity contribution in [3.63, 3.8) is 0 Å². The average Bonchev–Trinajstić information content (AvgIpc) is 2.36. The van der Waals surface area contributed by atoms with Crippen LogP contribution >= 0.6 is 12.4 Å². The summed E-state index contributed by atoms with van der Waals surface area (Å²) in [4.78, 5) is 11.4. The second-order valence-electron chi connectivity index (χ2n) is 3.88. The lowest BCUT2D eigenvalue weighted by Crippen LogP contribution is -2.32. The first-order valence-corrected chi connectivity index (χ1v) is 5.54. The van der Waals surface area contributed by atoms with Crippen molar-refractivity contribution in [1.82, 2.24) is 5.32 Å². The van der Waals surface area contributed by atoms with E-state index >= 15 is 0 Å². The van der Waals surface area contributed by atoms with E-state index in [0.717, 1.165) is 5.56 Å². The highest BCUT2D eigenvalue weighted by atomic mass is 35.5. The number of ether oxygens (including phenoxy) is 1. The van der Waals surface area contributed by atoms with Gasteiger partial charge >= 0.3 is 6.61 Å². The van der Waals surface area contributed by atoms with Crippen LogP contribution < -0.4 is 15.8 Å². The van der Waals surface area contributed by atoms with Gasteiger partial charge in [0.25, 0.3) is 0 Å². The predicted molar refractivity (Wildman–Crippen MR) is 70.4 cm³/mol. The smallest absolute Gasteiger partial charge is 0.387 e. The molecule has 1 rings (SSSR count). The highest BCUT2D eigenvalue weighted by Gasteiger charge is 2.10. The summed E-state index contributed by atoms with van der Waals surface area (Å²) in [5.41, 5.74) is 6.16. The van der Waals surface area contributed by atoms with E-state index in [1.54, 1.807) is 19.1 Å². The van der Waals surface area contributed by atoms with Gasteiger partial charge in [-0.2, -0.15) is 8.78 Å². The molecule has 1 atom stereocenters. The van der Waals surface area contributed by atoms with Crippen molar-refractivity contribution in [2.24, 2.45) is 11.7 Å². The van der Waals surface area contributed by atoms with Crippen LogP contribution in [0.2, 0.25) is 0 Å². The molecule has 1 aromatic rings. The van der Waals surface area contributed by atoms with Crippen molar-refractivity contribution in [2.45, 2.75) is 20.1 Å². The van der Waals surface area contributed by atoms with Gasteiger partial charge in [0.2, 0.25) is 5.91 Å². The summed E-state index contributed by atoms with van der Waals surface area (Å²) in [7, 11) is 0. The van der Waals surface area contributed by atoms with Crippen LogP contribution in [0.3, 0.4) is 0 Å². The van der Waals surface area contributed by atoms with Gasteiger partial charge in [0, 0.05) is 19.0 Å². The average molecular weight is 295 g/mol. The first-order valence-electron chi connectivity index (χ1n) is 5.54. The van der Waals surface area contributed by atoms with E-state index < -0.39 is 6.61 Å². The van der Waals surface area contributed by atoms with Crippen molar-refractivity contribution in [3.8, 4) is 5.75 Å². The molecular formula is C12H17ClF2N2O2. The fourth-order valence-electron chi connectivity index (χ4n) is 1.26. The zero-order chi connectivity index (χ0) is 13.5. The monoisotopic (exact) mass is 294 g/mol. The summed E-state index contributed by atoms with van der Waals surface area (Å²) in [6.07, 6.45) is 0. The molecule has 0 spiro atoms. The second kappa shape index (κ2) is 8.66. The summed E-state index contributed by atoms with van der Waals surface area (Å²) in [5.74, 6) is -0.285. The number of halogens is 3. The number of hydrogen-bond donors (Lipinski definition) is 2. The molecule has 0 heterocycles. The minimum absolute atomic E-state index is 0. The van der Waals surface area contributed by atoms with E-state index in [1.165, 1.54) is 12.1 Å². The highest BCUT2D eigenvalue weighted by molar-refractivity contribution is 5.85. The molecule has 7 heteroatoms. The van der Waals surface area contributed by atoms with Gasteiger partial charge in [0.05, 0.1) is 0 Å². The van der Waals surface area contributed by atoms with Crippen LogP contribution in [-0.4, -0.2) is 19.1 Å². The normalized spacial score (nSPS) is 11.6. The number of benzene rings is 1. The van der Waals surface area contributed by atoms with E-state index in [0.29, 0.717) is 6.54 Å². The van der Waals surface area contributed by atoms with Crippen molar-refractivity contribution in [1.29, 1.82) is 0 Å². The quantitative estimate of drug-likeness (QED) is 0.842. The number of carbonyl (C=O) groups excluding carboxylic acids is 1. The Morgan fingerprint density at radius 2 is 1.95 bits per heavy atom. The van der Waals surface area contributed by atoms with Crippen molar-refractivity contribution >= 4 is 18.3 Å². The number of hydrogen-bond acceptors (Lipinski definition) is 3. The molecule has 0 aliphatic rings. The molecule has 0 aromatic heterocycles. The van der Waals surface area contributed by atoms with Crippen LogP contribution in [0.15, 0.2) is 24.3 Å². The zero-order valence-corrected chi connectivity index (χ0v) is 11.3. The largest absolute Gasteiger partial charge is 0.435 e. The maximum absolute atomic E-state index is 11.9. The van der Waals surface area contributed by atoms with E-state index in [-0.39, 0.29) is 36.5 Å². The molecule has 0 aliphatic heterocycles. The Hall–Kier alpha value is -1.40. The van der Waals surface area contributed by atoms with E-state index in [9.17, 15) is 13.6 Å². The molecule has 108 valence electrons. The summed E-state index contributed by atoms with van der Waals surface area (Å²) >= 11 is 0. The Morgan fingerprint density at radius 1 is 1.37 bits per heavy atom. The molecule has 3 N–H and O–H groups in total. The molecule has 19 heavy (non-hydrogen) atoms. The summed E-state index contributed by atoms with van der Waals surface area (Å²) in [5, 5.41) is 2.70. The Balaban J connectivity index is 0.00000324. The SMILES string of the molecule is CC(CN)C(=O)NCc1ccc(OC(F)F)cc1.Cl. The molecule has 1 aromatic carbocycles. The fraction of sp³-hybridized carbons (Fsp3) is 0.417. The van der Waals surface area contributed by atoms with Gasteiger partial charge in [-0.1, -0.05) is 19.1 Å².